The lowest BCUT2D eigenvalue weighted by molar-refractivity contribution is -0.144. The second kappa shape index (κ2) is 5.97. The minimum atomic E-state index is -5.01. The number of ether oxygens (including phenoxy) is 1. The smallest absolute Gasteiger partial charge is 0.433 e. The molecule has 1 aromatic heterocycles. The number of hydrogen-bond acceptors (Lipinski definition) is 3. The van der Waals surface area contributed by atoms with Crippen molar-refractivity contribution >= 4 is 28.6 Å². The lowest BCUT2D eigenvalue weighted by Crippen LogP contribution is -2.18. The first-order valence-electron chi connectivity index (χ1n) is 4.78. The lowest BCUT2D eigenvalue weighted by atomic mass is 10.0. The second-order valence-corrected chi connectivity index (χ2v) is 4.56. The predicted octanol–water partition coefficient (Wildman–Crippen LogP) is 3.36. The van der Waals surface area contributed by atoms with Gasteiger partial charge < -0.3 is 4.74 Å². The lowest BCUT2D eigenvalue weighted by Gasteiger charge is -2.16. The van der Waals surface area contributed by atoms with E-state index >= 15 is 0 Å². The molecule has 0 fully saturated rings. The third-order valence-electron chi connectivity index (χ3n) is 2.21. The number of carbonyl (C=O) groups is 1. The van der Waals surface area contributed by atoms with Crippen LogP contribution < -0.4 is 0 Å². The number of nitrogens with zero attached hydrogens (tertiary/aromatic N) is 1. The third kappa shape index (κ3) is 3.74. The molecular weight excluding hydrogens is 388 g/mol. The van der Waals surface area contributed by atoms with Crippen molar-refractivity contribution in [3.63, 3.8) is 0 Å². The summed E-state index contributed by atoms with van der Waals surface area (Å²) in [4.78, 5) is 14.1. The molecule has 1 rings (SSSR count). The summed E-state index contributed by atoms with van der Waals surface area (Å²) in [6.07, 6.45) is -8.27. The zero-order valence-corrected chi connectivity index (χ0v) is 11.6. The summed E-state index contributed by atoms with van der Waals surface area (Å²) in [6, 6.07) is 0. The van der Waals surface area contributed by atoms with Crippen LogP contribution in [0.3, 0.4) is 0 Å². The molecule has 0 unspecified atom stereocenters. The maximum Gasteiger partial charge on any atom is 0.433 e. The van der Waals surface area contributed by atoms with Gasteiger partial charge in [0, 0.05) is 9.77 Å². The van der Waals surface area contributed by atoms with Crippen LogP contribution in [0.1, 0.15) is 23.2 Å². The third-order valence-corrected chi connectivity index (χ3v) is 3.14. The van der Waals surface area contributed by atoms with E-state index in [0.29, 0.717) is 0 Å². The molecule has 0 radical (unpaired) electrons. The Morgan fingerprint density at radius 2 is 2.05 bits per heavy atom. The molecule has 3 nitrogen and oxygen atoms in total. The van der Waals surface area contributed by atoms with Gasteiger partial charge in [-0.3, -0.25) is 9.78 Å². The number of hydrogen-bond donors (Lipinski definition) is 0. The Kier molecular flexibility index (Phi) is 5.04. The Balaban J connectivity index is 3.46. The molecule has 106 valence electrons. The van der Waals surface area contributed by atoms with Gasteiger partial charge >= 0.3 is 12.1 Å². The molecule has 0 aromatic carbocycles. The van der Waals surface area contributed by atoms with Crippen molar-refractivity contribution in [1.29, 1.82) is 0 Å². The van der Waals surface area contributed by atoms with Crippen LogP contribution in [-0.2, 0) is 22.1 Å². The molecule has 0 aliphatic heterocycles. The van der Waals surface area contributed by atoms with Gasteiger partial charge in [0.15, 0.2) is 5.69 Å². The van der Waals surface area contributed by atoms with Gasteiger partial charge in [-0.2, -0.15) is 13.2 Å². The van der Waals surface area contributed by atoms with Crippen molar-refractivity contribution in [3.05, 3.63) is 26.6 Å². The van der Waals surface area contributed by atoms with E-state index in [1.54, 1.807) is 22.6 Å². The van der Waals surface area contributed by atoms with E-state index < -0.39 is 41.8 Å². The average molecular weight is 395 g/mol. The molecule has 0 aliphatic carbocycles. The Hall–Kier alpha value is -1.00. The minimum absolute atomic E-state index is 0.0475. The summed E-state index contributed by atoms with van der Waals surface area (Å²) in [6.45, 7) is 0. The first-order chi connectivity index (χ1) is 8.68. The van der Waals surface area contributed by atoms with Crippen LogP contribution in [0.15, 0.2) is 6.20 Å². The van der Waals surface area contributed by atoms with Gasteiger partial charge in [-0.25, -0.2) is 8.78 Å². The highest BCUT2D eigenvalue weighted by Gasteiger charge is 2.39. The molecule has 0 atom stereocenters. The van der Waals surface area contributed by atoms with Gasteiger partial charge in [0.2, 0.25) is 0 Å². The van der Waals surface area contributed by atoms with Crippen LogP contribution >= 0.6 is 22.6 Å². The largest absolute Gasteiger partial charge is 0.469 e. The molecule has 1 heterocycles. The van der Waals surface area contributed by atoms with Crippen molar-refractivity contribution in [2.75, 3.05) is 7.11 Å². The molecule has 19 heavy (non-hydrogen) atoms. The maximum absolute atomic E-state index is 12.9. The summed E-state index contributed by atoms with van der Waals surface area (Å²) in [5.74, 6) is -0.904. The van der Waals surface area contributed by atoms with Crippen molar-refractivity contribution in [3.8, 4) is 0 Å². The van der Waals surface area contributed by atoms with Crippen molar-refractivity contribution in [2.45, 2.75) is 19.0 Å². The topological polar surface area (TPSA) is 39.2 Å². The highest BCUT2D eigenvalue weighted by atomic mass is 127. The maximum atomic E-state index is 12.9. The van der Waals surface area contributed by atoms with Crippen LogP contribution in [0, 0.1) is 3.57 Å². The molecule has 0 saturated carbocycles. The van der Waals surface area contributed by atoms with E-state index in [-0.39, 0.29) is 3.57 Å². The summed E-state index contributed by atoms with van der Waals surface area (Å²) in [7, 11) is 1.02. The van der Waals surface area contributed by atoms with E-state index in [4.69, 9.17) is 0 Å². The van der Waals surface area contributed by atoms with Crippen LogP contribution in [0.2, 0.25) is 0 Å². The number of rotatable bonds is 3. The van der Waals surface area contributed by atoms with E-state index in [1.807, 2.05) is 0 Å². The minimum Gasteiger partial charge on any atom is -0.469 e. The van der Waals surface area contributed by atoms with Crippen LogP contribution in [0.4, 0.5) is 22.0 Å². The average Bonchev–Trinajstić information content (AvgIpc) is 2.29. The highest BCUT2D eigenvalue weighted by Crippen LogP contribution is 2.38. The summed E-state index contributed by atoms with van der Waals surface area (Å²) >= 11 is 1.54. The zero-order valence-electron chi connectivity index (χ0n) is 9.39. The highest BCUT2D eigenvalue weighted by molar-refractivity contribution is 14.1. The molecule has 0 aliphatic rings. The number of methoxy groups -OCH3 is 1. The van der Waals surface area contributed by atoms with Crippen LogP contribution in [0.5, 0.6) is 0 Å². The van der Waals surface area contributed by atoms with Crippen molar-refractivity contribution in [1.82, 2.24) is 4.98 Å². The van der Waals surface area contributed by atoms with Gasteiger partial charge in [0.25, 0.3) is 6.43 Å². The molecule has 1 aromatic rings. The fourth-order valence-corrected chi connectivity index (χ4v) is 2.02. The first kappa shape index (κ1) is 16.1. The fourth-order valence-electron chi connectivity index (χ4n) is 1.40. The molecule has 0 saturated heterocycles. The Morgan fingerprint density at radius 3 is 2.47 bits per heavy atom. The summed E-state index contributed by atoms with van der Waals surface area (Å²) < 4.78 is 67.9. The SMILES string of the molecule is COC(=O)Cc1c(I)cnc(C(F)(F)F)c1C(F)F. The Bertz CT molecular complexity index is 490. The Labute approximate surface area is 118 Å². The van der Waals surface area contributed by atoms with Crippen molar-refractivity contribution in [2.24, 2.45) is 0 Å². The number of alkyl halides is 5. The summed E-state index contributed by atoms with van der Waals surface area (Å²) in [5.41, 5.74) is -3.36. The number of carbonyl (C=O) groups excluding carboxylic acids is 1. The molecule has 9 heteroatoms. The number of esters is 1. The van der Waals surface area contributed by atoms with E-state index in [1.165, 1.54) is 0 Å². The standard InChI is InChI=1S/C10H7F5INO2/c1-19-6(18)2-4-5(16)3-17-8(10(13,14)15)7(4)9(11)12/h3,9H,2H2,1H3. The predicted molar refractivity (Wildman–Crippen MR) is 62.6 cm³/mol. The summed E-state index contributed by atoms with van der Waals surface area (Å²) in [5, 5.41) is 0. The number of aromatic nitrogens is 1. The molecule has 0 spiro atoms. The normalized spacial score (nSPS) is 11.8. The molecule has 0 N–H and O–H groups in total. The van der Waals surface area contributed by atoms with Gasteiger partial charge in [0.05, 0.1) is 19.1 Å². The van der Waals surface area contributed by atoms with E-state index in [9.17, 15) is 26.7 Å². The quantitative estimate of drug-likeness (QED) is 0.448. The van der Waals surface area contributed by atoms with Gasteiger partial charge in [0.1, 0.15) is 0 Å². The van der Waals surface area contributed by atoms with Crippen LogP contribution in [0.25, 0.3) is 0 Å². The van der Waals surface area contributed by atoms with Gasteiger partial charge in [-0.15, -0.1) is 0 Å². The van der Waals surface area contributed by atoms with Crippen molar-refractivity contribution < 1.29 is 31.5 Å². The monoisotopic (exact) mass is 395 g/mol. The first-order valence-corrected chi connectivity index (χ1v) is 5.85. The fraction of sp³-hybridized carbons (Fsp3) is 0.400. The molecule has 0 bridgehead atoms. The van der Waals surface area contributed by atoms with E-state index in [0.717, 1.165) is 13.3 Å². The molecular formula is C10H7F5INO2. The van der Waals surface area contributed by atoms with Crippen LogP contribution in [-0.4, -0.2) is 18.1 Å². The van der Waals surface area contributed by atoms with Gasteiger partial charge in [-0.05, 0) is 28.2 Å². The second-order valence-electron chi connectivity index (χ2n) is 3.40. The number of halogens is 6. The Morgan fingerprint density at radius 1 is 1.47 bits per heavy atom. The van der Waals surface area contributed by atoms with E-state index in [2.05, 4.69) is 9.72 Å². The van der Waals surface area contributed by atoms with Gasteiger partial charge in [-0.1, -0.05) is 0 Å². The zero-order chi connectivity index (χ0) is 14.8. The molecule has 0 amide bonds. The number of pyridine rings is 1.